The van der Waals surface area contributed by atoms with Crippen LogP contribution in [0.1, 0.15) is 26.3 Å². The van der Waals surface area contributed by atoms with E-state index in [0.29, 0.717) is 12.5 Å². The van der Waals surface area contributed by atoms with Gasteiger partial charge in [0, 0.05) is 22.8 Å². The predicted molar refractivity (Wildman–Crippen MR) is 119 cm³/mol. The van der Waals surface area contributed by atoms with E-state index in [4.69, 9.17) is 4.74 Å². The maximum atomic E-state index is 12.5. The van der Waals surface area contributed by atoms with Crippen LogP contribution < -0.4 is 10.1 Å². The third-order valence-electron chi connectivity index (χ3n) is 5.30. The number of hydrogen-bond donors (Lipinski definition) is 1. The number of ether oxygens (including phenoxy) is 3. The van der Waals surface area contributed by atoms with E-state index in [-0.39, 0.29) is 17.6 Å². The molecule has 2 aromatic rings. The lowest BCUT2D eigenvalue weighted by Crippen LogP contribution is -2.41. The standard InChI is InChI=1S/C17H22F2N2O2Si.C5H10O2/c1-24(2,3)15-12(9-14-16-21(14)6-7-22-16)11-8-10(23-17(18)19)4-5-13(11)20-15;1-5(2,3)7-4-6/h4-5,8,14,16-17,20H,6-7,9H2,1-3H3;4H,1-3H3. The van der Waals surface area contributed by atoms with Gasteiger partial charge in [0.25, 0.3) is 6.47 Å². The minimum absolute atomic E-state index is 0.215. The number of alkyl halides is 2. The van der Waals surface area contributed by atoms with Crippen molar-refractivity contribution >= 4 is 30.8 Å². The van der Waals surface area contributed by atoms with Gasteiger partial charge in [0.2, 0.25) is 0 Å². The van der Waals surface area contributed by atoms with E-state index in [0.717, 1.165) is 30.5 Å². The fraction of sp³-hybridized carbons (Fsp3) is 0.591. The number of aromatic nitrogens is 1. The summed E-state index contributed by atoms with van der Waals surface area (Å²) >= 11 is 0. The summed E-state index contributed by atoms with van der Waals surface area (Å²) in [6.07, 6.45) is 1.13. The Bertz CT molecular complexity index is 911. The molecule has 4 rings (SSSR count). The Morgan fingerprint density at radius 3 is 2.52 bits per heavy atom. The highest BCUT2D eigenvalue weighted by molar-refractivity contribution is 6.88. The van der Waals surface area contributed by atoms with Crippen LogP contribution in [0.5, 0.6) is 5.75 Å². The zero-order valence-electron chi connectivity index (χ0n) is 19.0. The van der Waals surface area contributed by atoms with Crippen LogP contribution in [0.3, 0.4) is 0 Å². The summed E-state index contributed by atoms with van der Waals surface area (Å²) in [5.41, 5.74) is 1.92. The van der Waals surface area contributed by atoms with Crippen molar-refractivity contribution in [3.05, 3.63) is 23.8 Å². The Kier molecular flexibility index (Phi) is 6.78. The molecule has 0 radical (unpaired) electrons. The molecule has 9 heteroatoms. The van der Waals surface area contributed by atoms with Gasteiger partial charge in [-0.15, -0.1) is 0 Å². The van der Waals surface area contributed by atoms with E-state index in [1.807, 2.05) is 26.8 Å². The highest BCUT2D eigenvalue weighted by Crippen LogP contribution is 2.37. The van der Waals surface area contributed by atoms with Crippen molar-refractivity contribution in [1.82, 2.24) is 9.88 Å². The molecule has 0 aliphatic carbocycles. The molecule has 0 saturated carbocycles. The Morgan fingerprint density at radius 1 is 1.32 bits per heavy atom. The molecular weight excluding hydrogens is 422 g/mol. The molecule has 0 amide bonds. The van der Waals surface area contributed by atoms with Crippen molar-refractivity contribution in [1.29, 1.82) is 0 Å². The number of halogens is 2. The van der Waals surface area contributed by atoms with Crippen LogP contribution in [0.2, 0.25) is 19.6 Å². The van der Waals surface area contributed by atoms with Gasteiger partial charge >= 0.3 is 6.61 Å². The molecule has 1 N–H and O–H groups in total. The summed E-state index contributed by atoms with van der Waals surface area (Å²) in [5.74, 6) is 0.215. The molecule has 2 aliphatic rings. The molecule has 6 nitrogen and oxygen atoms in total. The van der Waals surface area contributed by atoms with Crippen LogP contribution in [0.25, 0.3) is 10.9 Å². The van der Waals surface area contributed by atoms with Crippen LogP contribution >= 0.6 is 0 Å². The van der Waals surface area contributed by atoms with Crippen molar-refractivity contribution in [2.24, 2.45) is 0 Å². The molecule has 2 aliphatic heterocycles. The lowest BCUT2D eigenvalue weighted by molar-refractivity contribution is -0.138. The smallest absolute Gasteiger partial charge is 0.387 e. The summed E-state index contributed by atoms with van der Waals surface area (Å²) in [6, 6.07) is 5.59. The quantitative estimate of drug-likeness (QED) is 0.408. The first-order chi connectivity index (χ1) is 14.4. The van der Waals surface area contributed by atoms with E-state index in [9.17, 15) is 13.6 Å². The van der Waals surface area contributed by atoms with Crippen LogP contribution in [0, 0.1) is 0 Å². The zero-order chi connectivity index (χ0) is 23.0. The van der Waals surface area contributed by atoms with Crippen LogP contribution in [0.15, 0.2) is 18.2 Å². The number of hydrogen-bond acceptors (Lipinski definition) is 5. The normalized spacial score (nSPS) is 22.7. The van der Waals surface area contributed by atoms with E-state index in [1.54, 1.807) is 12.1 Å². The number of carbonyl (C=O) groups is 1. The Labute approximate surface area is 182 Å². The molecule has 1 aromatic heterocycles. The van der Waals surface area contributed by atoms with E-state index in [1.165, 1.54) is 10.9 Å². The average molecular weight is 455 g/mol. The second-order valence-corrected chi connectivity index (χ2v) is 14.9. The van der Waals surface area contributed by atoms with Gasteiger partial charge in [0.1, 0.15) is 17.6 Å². The molecule has 0 bridgehead atoms. The number of fused-ring (bicyclic) bond motifs is 2. The molecule has 3 heterocycles. The Morgan fingerprint density at radius 2 is 2.03 bits per heavy atom. The summed E-state index contributed by atoms with van der Waals surface area (Å²) in [6.45, 7) is 11.8. The predicted octanol–water partition coefficient (Wildman–Crippen LogP) is 3.86. The molecule has 2 saturated heterocycles. The Balaban J connectivity index is 0.000000339. The summed E-state index contributed by atoms with van der Waals surface area (Å²) < 4.78 is 39.9. The fourth-order valence-electron chi connectivity index (χ4n) is 3.91. The van der Waals surface area contributed by atoms with Gasteiger partial charge < -0.3 is 19.2 Å². The molecular formula is C22H32F2N2O4Si. The highest BCUT2D eigenvalue weighted by Gasteiger charge is 2.52. The monoisotopic (exact) mass is 454 g/mol. The molecule has 3 unspecified atom stereocenters. The first-order valence-electron chi connectivity index (χ1n) is 10.5. The summed E-state index contributed by atoms with van der Waals surface area (Å²) in [4.78, 5) is 15.5. The largest absolute Gasteiger partial charge is 0.462 e. The van der Waals surface area contributed by atoms with Crippen molar-refractivity contribution in [3.63, 3.8) is 0 Å². The summed E-state index contributed by atoms with van der Waals surface area (Å²) in [5, 5.41) is 2.29. The van der Waals surface area contributed by atoms with Crippen molar-refractivity contribution in [2.75, 3.05) is 13.2 Å². The maximum absolute atomic E-state index is 12.5. The molecule has 2 fully saturated rings. The van der Waals surface area contributed by atoms with Crippen molar-refractivity contribution in [2.45, 2.75) is 71.3 Å². The third-order valence-corrected chi connectivity index (χ3v) is 7.22. The van der Waals surface area contributed by atoms with Gasteiger partial charge in [-0.2, -0.15) is 8.78 Å². The number of morpholine rings is 1. The first-order valence-corrected chi connectivity index (χ1v) is 14.0. The van der Waals surface area contributed by atoms with E-state index < -0.39 is 14.7 Å². The second kappa shape index (κ2) is 8.88. The number of H-pyrrole nitrogens is 1. The Hall–Kier alpha value is -1.97. The second-order valence-electron chi connectivity index (χ2n) is 9.91. The van der Waals surface area contributed by atoms with Gasteiger partial charge in [-0.3, -0.25) is 9.69 Å². The fourth-order valence-corrected chi connectivity index (χ4v) is 5.56. The summed E-state index contributed by atoms with van der Waals surface area (Å²) in [7, 11) is -1.59. The molecule has 31 heavy (non-hydrogen) atoms. The van der Waals surface area contributed by atoms with Gasteiger partial charge in [-0.25, -0.2) is 0 Å². The zero-order valence-corrected chi connectivity index (χ0v) is 20.0. The van der Waals surface area contributed by atoms with Gasteiger partial charge in [-0.1, -0.05) is 19.6 Å². The number of aromatic amines is 1. The first kappa shape index (κ1) is 23.7. The number of carbonyl (C=O) groups excluding carboxylic acids is 1. The lowest BCUT2D eigenvalue weighted by atomic mass is 10.1. The van der Waals surface area contributed by atoms with Crippen LogP contribution in [0.4, 0.5) is 8.78 Å². The lowest BCUT2D eigenvalue weighted by Gasteiger charge is -2.17. The topological polar surface area (TPSA) is 63.6 Å². The number of rotatable bonds is 6. The van der Waals surface area contributed by atoms with Gasteiger partial charge in [-0.05, 0) is 51.0 Å². The van der Waals surface area contributed by atoms with E-state index in [2.05, 4.69) is 39.0 Å². The number of nitrogens with one attached hydrogen (secondary N) is 1. The molecule has 0 spiro atoms. The number of nitrogens with zero attached hydrogens (tertiary/aromatic N) is 1. The van der Waals surface area contributed by atoms with Crippen LogP contribution in [-0.4, -0.2) is 62.1 Å². The molecule has 172 valence electrons. The van der Waals surface area contributed by atoms with E-state index >= 15 is 0 Å². The minimum Gasteiger partial charge on any atom is -0.462 e. The van der Waals surface area contributed by atoms with Crippen molar-refractivity contribution in [3.8, 4) is 5.75 Å². The average Bonchev–Trinajstić information content (AvgIpc) is 2.96. The highest BCUT2D eigenvalue weighted by atomic mass is 28.3. The molecule has 3 atom stereocenters. The molecule has 1 aromatic carbocycles. The minimum atomic E-state index is -2.80. The number of benzene rings is 1. The van der Waals surface area contributed by atoms with Crippen molar-refractivity contribution < 1.29 is 27.8 Å². The SMILES string of the molecule is CC(C)(C)OC=O.C[Si](C)(C)c1[nH]c2ccc(OC(F)F)cc2c1CC1C2OCCN12. The van der Waals surface area contributed by atoms with Gasteiger partial charge in [0.15, 0.2) is 0 Å². The van der Waals surface area contributed by atoms with Gasteiger partial charge in [0.05, 0.1) is 20.7 Å². The maximum Gasteiger partial charge on any atom is 0.387 e. The van der Waals surface area contributed by atoms with Crippen LogP contribution in [-0.2, 0) is 20.7 Å². The third kappa shape index (κ3) is 5.84.